The first-order valence-corrected chi connectivity index (χ1v) is 16.0. The van der Waals surface area contributed by atoms with Gasteiger partial charge < -0.3 is 10.2 Å². The van der Waals surface area contributed by atoms with Crippen LogP contribution in [0, 0.1) is 0 Å². The summed E-state index contributed by atoms with van der Waals surface area (Å²) in [5, 5.41) is 24.2. The zero-order valence-corrected chi connectivity index (χ0v) is 27.7. The third kappa shape index (κ3) is 6.86. The minimum absolute atomic E-state index is 0.164. The molecule has 0 atom stereocenters. The summed E-state index contributed by atoms with van der Waals surface area (Å²) in [5.74, 6) is 0.934. The van der Waals surface area contributed by atoms with Gasteiger partial charge in [0.1, 0.15) is 11.5 Å². The van der Waals surface area contributed by atoms with Crippen molar-refractivity contribution < 1.29 is 10.2 Å². The van der Waals surface area contributed by atoms with E-state index in [0.29, 0.717) is 17.9 Å². The fourth-order valence-corrected chi connectivity index (χ4v) is 7.04. The first kappa shape index (κ1) is 33.2. The highest BCUT2D eigenvalue weighted by Crippen LogP contribution is 2.46. The molecule has 0 spiro atoms. The normalized spacial score (nSPS) is 12.4. The summed E-state index contributed by atoms with van der Waals surface area (Å²) < 4.78 is 0. The Hall–Kier alpha value is -1.96. The van der Waals surface area contributed by atoms with E-state index in [1.165, 1.54) is 33.4 Å². The van der Waals surface area contributed by atoms with Crippen LogP contribution in [0.5, 0.6) is 11.5 Å². The summed E-state index contributed by atoms with van der Waals surface area (Å²) in [6, 6.07) is 0. The summed E-state index contributed by atoms with van der Waals surface area (Å²) in [6.07, 6.45) is 10.9. The lowest BCUT2D eigenvalue weighted by molar-refractivity contribution is 0.430. The fraction of sp³-hybridized carbons (Fsp3) is 0.676. The van der Waals surface area contributed by atoms with Gasteiger partial charge in [-0.3, -0.25) is 0 Å². The van der Waals surface area contributed by atoms with Crippen molar-refractivity contribution in [2.24, 2.45) is 0 Å². The Labute approximate surface area is 241 Å². The molecule has 2 nitrogen and oxygen atoms in total. The monoisotopic (exact) mass is 536 g/mol. The summed E-state index contributed by atoms with van der Waals surface area (Å²) in [4.78, 5) is 0. The minimum Gasteiger partial charge on any atom is -0.507 e. The Balaban J connectivity index is 3.05. The average Bonchev–Trinajstić information content (AvgIpc) is 2.85. The van der Waals surface area contributed by atoms with E-state index in [2.05, 4.69) is 83.1 Å². The van der Waals surface area contributed by atoms with Crippen molar-refractivity contribution in [2.45, 2.75) is 165 Å². The molecule has 2 aromatic carbocycles. The lowest BCUT2D eigenvalue weighted by atomic mass is 9.73. The Morgan fingerprint density at radius 1 is 0.436 bits per heavy atom. The zero-order chi connectivity index (χ0) is 29.7. The molecule has 0 unspecified atom stereocenters. The van der Waals surface area contributed by atoms with Crippen LogP contribution in [-0.2, 0) is 55.8 Å². The summed E-state index contributed by atoms with van der Waals surface area (Å²) in [6.45, 7) is 26.9. The van der Waals surface area contributed by atoms with Crippen LogP contribution in [0.4, 0.5) is 0 Å². The van der Waals surface area contributed by atoms with Crippen LogP contribution >= 0.6 is 0 Å². The maximum atomic E-state index is 12.1. The maximum Gasteiger partial charge on any atom is 0.123 e. The van der Waals surface area contributed by atoms with Gasteiger partial charge in [-0.15, -0.1) is 0 Å². The Kier molecular flexibility index (Phi) is 11.6. The van der Waals surface area contributed by atoms with Gasteiger partial charge in [0.05, 0.1) is 0 Å². The van der Waals surface area contributed by atoms with Crippen molar-refractivity contribution in [1.82, 2.24) is 0 Å². The predicted molar refractivity (Wildman–Crippen MR) is 171 cm³/mol. The number of hydrogen-bond acceptors (Lipinski definition) is 2. The SMILES string of the molecule is CCCCc1c(CC)c(CC)c(Cc2c(O)c(C(C)(C)C)c(CCCC)c(CC)c2CC)c(O)c1C(C)(C)C. The Bertz CT molecular complexity index is 1030. The molecule has 39 heavy (non-hydrogen) atoms. The quantitative estimate of drug-likeness (QED) is 0.283. The van der Waals surface area contributed by atoms with E-state index in [-0.39, 0.29) is 10.8 Å². The molecule has 0 aliphatic carbocycles. The van der Waals surface area contributed by atoms with Crippen molar-refractivity contribution in [3.63, 3.8) is 0 Å². The van der Waals surface area contributed by atoms with E-state index in [1.807, 2.05) is 0 Å². The molecule has 2 aromatic rings. The summed E-state index contributed by atoms with van der Waals surface area (Å²) >= 11 is 0. The van der Waals surface area contributed by atoms with Gasteiger partial charge in [-0.25, -0.2) is 0 Å². The molecule has 220 valence electrons. The third-order valence-corrected chi connectivity index (χ3v) is 8.66. The topological polar surface area (TPSA) is 40.5 Å². The van der Waals surface area contributed by atoms with Gasteiger partial charge in [-0.05, 0) is 95.6 Å². The van der Waals surface area contributed by atoms with Gasteiger partial charge in [-0.2, -0.15) is 0 Å². The first-order valence-electron chi connectivity index (χ1n) is 16.0. The number of rotatable bonds is 12. The number of aromatic hydroxyl groups is 2. The van der Waals surface area contributed by atoms with Crippen molar-refractivity contribution in [2.75, 3.05) is 0 Å². The highest BCUT2D eigenvalue weighted by molar-refractivity contribution is 5.63. The summed E-state index contributed by atoms with van der Waals surface area (Å²) in [5.41, 5.74) is 12.1. The van der Waals surface area contributed by atoms with Crippen molar-refractivity contribution in [3.05, 3.63) is 55.6 Å². The van der Waals surface area contributed by atoms with Gasteiger partial charge in [-0.1, -0.05) is 95.9 Å². The van der Waals surface area contributed by atoms with E-state index in [1.54, 1.807) is 0 Å². The molecule has 0 aliphatic rings. The van der Waals surface area contributed by atoms with E-state index >= 15 is 0 Å². The molecule has 0 amide bonds. The van der Waals surface area contributed by atoms with Crippen molar-refractivity contribution in [1.29, 1.82) is 0 Å². The van der Waals surface area contributed by atoms with Crippen molar-refractivity contribution >= 4 is 0 Å². The number of unbranched alkanes of at least 4 members (excludes halogenated alkanes) is 2. The van der Waals surface area contributed by atoms with E-state index in [9.17, 15) is 10.2 Å². The van der Waals surface area contributed by atoms with Crippen LogP contribution in [0.1, 0.15) is 164 Å². The smallest absolute Gasteiger partial charge is 0.123 e. The molecular weight excluding hydrogens is 476 g/mol. The fourth-order valence-electron chi connectivity index (χ4n) is 7.04. The lowest BCUT2D eigenvalue weighted by Gasteiger charge is -2.32. The number of phenols is 2. The molecule has 0 aliphatic heterocycles. The van der Waals surface area contributed by atoms with Gasteiger partial charge in [0.2, 0.25) is 0 Å². The molecule has 0 saturated carbocycles. The van der Waals surface area contributed by atoms with Gasteiger partial charge in [0, 0.05) is 28.7 Å². The van der Waals surface area contributed by atoms with E-state index in [0.717, 1.165) is 86.5 Å². The highest BCUT2D eigenvalue weighted by Gasteiger charge is 2.32. The standard InChI is InChI=1S/C37H60O2/c1-13-19-21-28-24(15-3)26(17-5)30(34(38)32(28)36(7,8)9)23-31-27(18-6)25(16-4)29(22-20-14-2)33(35(31)39)37(10,11)12/h38-39H,13-23H2,1-12H3. The third-order valence-electron chi connectivity index (χ3n) is 8.66. The molecule has 2 rings (SSSR count). The predicted octanol–water partition coefficient (Wildman–Crippen LogP) is 10.2. The largest absolute Gasteiger partial charge is 0.507 e. The number of hydrogen-bond donors (Lipinski definition) is 2. The molecule has 0 fully saturated rings. The van der Waals surface area contributed by atoms with Crippen molar-refractivity contribution in [3.8, 4) is 11.5 Å². The van der Waals surface area contributed by atoms with Crippen LogP contribution in [0.3, 0.4) is 0 Å². The average molecular weight is 537 g/mol. The molecule has 0 radical (unpaired) electrons. The molecule has 2 N–H and O–H groups in total. The van der Waals surface area contributed by atoms with Crippen LogP contribution in [0.15, 0.2) is 0 Å². The molecule has 0 bridgehead atoms. The second-order valence-electron chi connectivity index (χ2n) is 13.6. The van der Waals surface area contributed by atoms with Crippen LogP contribution < -0.4 is 0 Å². The number of benzene rings is 2. The highest BCUT2D eigenvalue weighted by atomic mass is 16.3. The second kappa shape index (κ2) is 13.6. The zero-order valence-electron chi connectivity index (χ0n) is 27.7. The Morgan fingerprint density at radius 2 is 0.718 bits per heavy atom. The first-order chi connectivity index (χ1) is 18.2. The van der Waals surface area contributed by atoms with Gasteiger partial charge in [0.25, 0.3) is 0 Å². The molecule has 0 heterocycles. The van der Waals surface area contributed by atoms with Gasteiger partial charge in [0.15, 0.2) is 0 Å². The van der Waals surface area contributed by atoms with Crippen LogP contribution in [0.25, 0.3) is 0 Å². The number of phenolic OH excluding ortho intramolecular Hbond substituents is 2. The Morgan fingerprint density at radius 3 is 0.949 bits per heavy atom. The van der Waals surface area contributed by atoms with Gasteiger partial charge >= 0.3 is 0 Å². The minimum atomic E-state index is -0.164. The maximum absolute atomic E-state index is 12.1. The van der Waals surface area contributed by atoms with Crippen LogP contribution in [-0.4, -0.2) is 10.2 Å². The summed E-state index contributed by atoms with van der Waals surface area (Å²) in [7, 11) is 0. The molecular formula is C37H60O2. The van der Waals surface area contributed by atoms with E-state index < -0.39 is 0 Å². The molecule has 2 heteroatoms. The van der Waals surface area contributed by atoms with E-state index in [4.69, 9.17) is 0 Å². The molecule has 0 saturated heterocycles. The molecule has 0 aromatic heterocycles. The lowest BCUT2D eigenvalue weighted by Crippen LogP contribution is -2.21. The van der Waals surface area contributed by atoms with Crippen LogP contribution in [0.2, 0.25) is 0 Å². The second-order valence-corrected chi connectivity index (χ2v) is 13.6.